The molecular formula is C19H22N4. The highest BCUT2D eigenvalue weighted by Gasteiger charge is 2.24. The summed E-state index contributed by atoms with van der Waals surface area (Å²) in [5, 5.41) is 2.45. The molecule has 1 saturated heterocycles. The lowest BCUT2D eigenvalue weighted by Crippen LogP contribution is -2.35. The molecule has 4 rings (SSSR count). The van der Waals surface area contributed by atoms with E-state index in [4.69, 9.17) is 4.98 Å². The summed E-state index contributed by atoms with van der Waals surface area (Å²) in [5.41, 5.74) is 2.29. The second-order valence-corrected chi connectivity index (χ2v) is 6.51. The van der Waals surface area contributed by atoms with E-state index in [2.05, 4.69) is 59.0 Å². The summed E-state index contributed by atoms with van der Waals surface area (Å²) in [6.45, 7) is 6.22. The van der Waals surface area contributed by atoms with Crippen LogP contribution in [0.1, 0.15) is 36.0 Å². The molecule has 118 valence electrons. The van der Waals surface area contributed by atoms with Crippen LogP contribution in [0, 0.1) is 13.8 Å². The standard InChI is InChI=1S/C19H22N4/c1-13-14(2)22-19(21-13)17-8-5-9-23(12-17)18-10-15-6-3-4-7-16(15)11-20-18/h3-4,6-7,10-11,17H,5,8-9,12H2,1-2H3,(H,21,22). The number of imidazole rings is 1. The van der Waals surface area contributed by atoms with Crippen LogP contribution in [-0.2, 0) is 0 Å². The van der Waals surface area contributed by atoms with Gasteiger partial charge in [-0.05, 0) is 38.1 Å². The highest BCUT2D eigenvalue weighted by Crippen LogP contribution is 2.29. The molecule has 2 aromatic heterocycles. The van der Waals surface area contributed by atoms with Crippen LogP contribution in [0.3, 0.4) is 0 Å². The highest BCUT2D eigenvalue weighted by atomic mass is 15.2. The van der Waals surface area contributed by atoms with Gasteiger partial charge in [0.2, 0.25) is 0 Å². The lowest BCUT2D eigenvalue weighted by atomic mass is 9.97. The molecule has 0 spiro atoms. The fraction of sp³-hybridized carbons (Fsp3) is 0.368. The summed E-state index contributed by atoms with van der Waals surface area (Å²) in [7, 11) is 0. The van der Waals surface area contributed by atoms with Crippen LogP contribution in [0.4, 0.5) is 5.82 Å². The molecule has 1 N–H and O–H groups in total. The highest BCUT2D eigenvalue weighted by molar-refractivity contribution is 5.83. The molecule has 4 heteroatoms. The van der Waals surface area contributed by atoms with Crippen LogP contribution < -0.4 is 4.90 Å². The summed E-state index contributed by atoms with van der Waals surface area (Å²) in [6.07, 6.45) is 4.35. The van der Waals surface area contributed by atoms with Gasteiger partial charge >= 0.3 is 0 Å². The average molecular weight is 306 g/mol. The number of aromatic amines is 1. The van der Waals surface area contributed by atoms with Crippen LogP contribution in [0.5, 0.6) is 0 Å². The summed E-state index contributed by atoms with van der Waals surface area (Å²) < 4.78 is 0. The molecule has 0 aliphatic carbocycles. The number of nitrogens with one attached hydrogen (secondary N) is 1. The number of anilines is 1. The summed E-state index contributed by atoms with van der Waals surface area (Å²) >= 11 is 0. The third-order valence-electron chi connectivity index (χ3n) is 4.90. The van der Waals surface area contributed by atoms with Gasteiger partial charge in [0.05, 0.1) is 5.69 Å². The maximum absolute atomic E-state index is 4.71. The van der Waals surface area contributed by atoms with Crippen molar-refractivity contribution < 1.29 is 0 Å². The van der Waals surface area contributed by atoms with Crippen molar-refractivity contribution in [1.82, 2.24) is 15.0 Å². The van der Waals surface area contributed by atoms with Gasteiger partial charge in [-0.1, -0.05) is 24.3 Å². The van der Waals surface area contributed by atoms with E-state index in [-0.39, 0.29) is 0 Å². The van der Waals surface area contributed by atoms with E-state index in [0.717, 1.165) is 30.4 Å². The molecule has 3 aromatic rings. The number of H-pyrrole nitrogens is 1. The van der Waals surface area contributed by atoms with Crippen LogP contribution in [0.25, 0.3) is 10.8 Å². The number of pyridine rings is 1. The molecular weight excluding hydrogens is 284 g/mol. The molecule has 1 fully saturated rings. The summed E-state index contributed by atoms with van der Waals surface area (Å²) in [6, 6.07) is 10.6. The van der Waals surface area contributed by atoms with Crippen molar-refractivity contribution in [2.45, 2.75) is 32.6 Å². The van der Waals surface area contributed by atoms with Gasteiger partial charge in [-0.25, -0.2) is 9.97 Å². The van der Waals surface area contributed by atoms with Crippen molar-refractivity contribution in [2.75, 3.05) is 18.0 Å². The fourth-order valence-electron chi connectivity index (χ4n) is 3.42. The second-order valence-electron chi connectivity index (χ2n) is 6.51. The number of rotatable bonds is 2. The van der Waals surface area contributed by atoms with Crippen molar-refractivity contribution in [3.8, 4) is 0 Å². The molecule has 4 nitrogen and oxygen atoms in total. The summed E-state index contributed by atoms with van der Waals surface area (Å²) in [4.78, 5) is 15.2. The third kappa shape index (κ3) is 2.69. The van der Waals surface area contributed by atoms with Crippen molar-refractivity contribution in [1.29, 1.82) is 0 Å². The van der Waals surface area contributed by atoms with Gasteiger partial charge in [0.1, 0.15) is 11.6 Å². The quantitative estimate of drug-likeness (QED) is 0.779. The predicted octanol–water partition coefficient (Wildman–Crippen LogP) is 3.96. The molecule has 0 bridgehead atoms. The number of piperidine rings is 1. The fourth-order valence-corrected chi connectivity index (χ4v) is 3.42. The van der Waals surface area contributed by atoms with E-state index in [0.29, 0.717) is 5.92 Å². The maximum atomic E-state index is 4.71. The van der Waals surface area contributed by atoms with E-state index >= 15 is 0 Å². The van der Waals surface area contributed by atoms with Gasteiger partial charge in [-0.2, -0.15) is 0 Å². The van der Waals surface area contributed by atoms with Crippen LogP contribution in [0.2, 0.25) is 0 Å². The van der Waals surface area contributed by atoms with Crippen LogP contribution >= 0.6 is 0 Å². The van der Waals surface area contributed by atoms with E-state index in [1.807, 2.05) is 6.20 Å². The van der Waals surface area contributed by atoms with E-state index < -0.39 is 0 Å². The normalized spacial score (nSPS) is 18.5. The van der Waals surface area contributed by atoms with Gasteiger partial charge in [-0.15, -0.1) is 0 Å². The van der Waals surface area contributed by atoms with E-state index in [1.165, 1.54) is 29.3 Å². The first-order chi connectivity index (χ1) is 11.2. The molecule has 1 aromatic carbocycles. The number of hydrogen-bond donors (Lipinski definition) is 1. The molecule has 1 aliphatic heterocycles. The number of fused-ring (bicyclic) bond motifs is 1. The minimum atomic E-state index is 0.462. The number of benzene rings is 1. The molecule has 1 atom stereocenters. The Morgan fingerprint density at radius 1 is 1.17 bits per heavy atom. The predicted molar refractivity (Wildman–Crippen MR) is 94.0 cm³/mol. The average Bonchev–Trinajstić information content (AvgIpc) is 2.94. The Kier molecular flexibility index (Phi) is 3.52. The molecule has 23 heavy (non-hydrogen) atoms. The minimum Gasteiger partial charge on any atom is -0.356 e. The van der Waals surface area contributed by atoms with Crippen molar-refractivity contribution >= 4 is 16.6 Å². The van der Waals surface area contributed by atoms with Gasteiger partial charge in [0, 0.05) is 36.3 Å². The topological polar surface area (TPSA) is 44.8 Å². The van der Waals surface area contributed by atoms with Crippen molar-refractivity contribution in [3.63, 3.8) is 0 Å². The first-order valence-electron chi connectivity index (χ1n) is 8.33. The summed E-state index contributed by atoms with van der Waals surface area (Å²) in [5.74, 6) is 2.67. The molecule has 0 amide bonds. The monoisotopic (exact) mass is 306 g/mol. The minimum absolute atomic E-state index is 0.462. The first kappa shape index (κ1) is 14.2. The third-order valence-corrected chi connectivity index (χ3v) is 4.90. The zero-order valence-corrected chi connectivity index (χ0v) is 13.7. The molecule has 3 heterocycles. The Morgan fingerprint density at radius 2 is 2.00 bits per heavy atom. The molecule has 1 aliphatic rings. The number of aryl methyl sites for hydroxylation is 2. The van der Waals surface area contributed by atoms with E-state index in [9.17, 15) is 0 Å². The SMILES string of the molecule is Cc1nc(C2CCCN(c3cc4ccccc4cn3)C2)[nH]c1C. The number of hydrogen-bond acceptors (Lipinski definition) is 3. The first-order valence-corrected chi connectivity index (χ1v) is 8.33. The molecule has 0 radical (unpaired) electrons. The zero-order chi connectivity index (χ0) is 15.8. The Morgan fingerprint density at radius 3 is 2.78 bits per heavy atom. The number of aromatic nitrogens is 3. The maximum Gasteiger partial charge on any atom is 0.129 e. The lowest BCUT2D eigenvalue weighted by Gasteiger charge is -2.32. The zero-order valence-electron chi connectivity index (χ0n) is 13.7. The van der Waals surface area contributed by atoms with Crippen molar-refractivity contribution in [3.05, 3.63) is 53.7 Å². The van der Waals surface area contributed by atoms with E-state index in [1.54, 1.807) is 0 Å². The molecule has 1 unspecified atom stereocenters. The number of nitrogens with zero attached hydrogens (tertiary/aromatic N) is 3. The Balaban J connectivity index is 1.60. The van der Waals surface area contributed by atoms with Gasteiger partial charge in [-0.3, -0.25) is 0 Å². The Bertz CT molecular complexity index is 817. The van der Waals surface area contributed by atoms with Gasteiger partial charge in [0.15, 0.2) is 0 Å². The Hall–Kier alpha value is -2.36. The smallest absolute Gasteiger partial charge is 0.129 e. The van der Waals surface area contributed by atoms with Crippen molar-refractivity contribution in [2.24, 2.45) is 0 Å². The lowest BCUT2D eigenvalue weighted by molar-refractivity contribution is 0.491. The van der Waals surface area contributed by atoms with Gasteiger partial charge in [0.25, 0.3) is 0 Å². The van der Waals surface area contributed by atoms with Crippen LogP contribution in [-0.4, -0.2) is 28.0 Å². The van der Waals surface area contributed by atoms with Gasteiger partial charge < -0.3 is 9.88 Å². The second kappa shape index (κ2) is 5.69. The molecule has 0 saturated carbocycles. The Labute approximate surface area is 136 Å². The largest absolute Gasteiger partial charge is 0.356 e. The van der Waals surface area contributed by atoms with Crippen LogP contribution in [0.15, 0.2) is 36.5 Å².